The maximum absolute atomic E-state index is 14.3. The fourth-order valence-electron chi connectivity index (χ4n) is 5.16. The Morgan fingerprint density at radius 3 is 2.38 bits per heavy atom. The van der Waals surface area contributed by atoms with Gasteiger partial charge < -0.3 is 14.2 Å². The molecule has 0 amide bonds. The van der Waals surface area contributed by atoms with Crippen LogP contribution in [0.15, 0.2) is 123 Å². The summed E-state index contributed by atoms with van der Waals surface area (Å²) in [5.74, 6) is 0.785. The van der Waals surface area contributed by atoms with Gasteiger partial charge in [0.2, 0.25) is 0 Å². The van der Waals surface area contributed by atoms with Crippen molar-refractivity contribution in [1.29, 1.82) is 0 Å². The monoisotopic (exact) mass is 680 g/mol. The Labute approximate surface area is 272 Å². The molecule has 1 aliphatic rings. The second kappa shape index (κ2) is 13.5. The van der Waals surface area contributed by atoms with E-state index in [1.54, 1.807) is 18.6 Å². The van der Waals surface area contributed by atoms with Crippen molar-refractivity contribution in [3.05, 3.63) is 155 Å². The zero-order valence-corrected chi connectivity index (χ0v) is 27.0. The van der Waals surface area contributed by atoms with Gasteiger partial charge in [0, 0.05) is 15.6 Å². The van der Waals surface area contributed by atoms with Gasteiger partial charge in [0.25, 0.3) is 5.56 Å². The van der Waals surface area contributed by atoms with Gasteiger partial charge in [0.05, 0.1) is 35.6 Å². The van der Waals surface area contributed by atoms with Gasteiger partial charge in [0.1, 0.15) is 18.1 Å². The number of hydrogen-bond donors (Lipinski definition) is 0. The smallest absolute Gasteiger partial charge is 0.338 e. The van der Waals surface area contributed by atoms with Crippen LogP contribution in [-0.2, 0) is 16.1 Å². The van der Waals surface area contributed by atoms with E-state index in [9.17, 15) is 9.59 Å². The average molecular weight is 682 g/mol. The summed E-state index contributed by atoms with van der Waals surface area (Å²) in [6.07, 6.45) is 1.82. The van der Waals surface area contributed by atoms with Crippen molar-refractivity contribution in [3.8, 4) is 11.5 Å². The molecule has 9 heteroatoms. The summed E-state index contributed by atoms with van der Waals surface area (Å²) in [5, 5.41) is 0. The minimum atomic E-state index is -0.771. The molecule has 0 fully saturated rings. The second-order valence-electron chi connectivity index (χ2n) is 10.2. The highest BCUT2D eigenvalue weighted by Crippen LogP contribution is 2.35. The van der Waals surface area contributed by atoms with Gasteiger partial charge in [-0.3, -0.25) is 9.36 Å². The zero-order valence-electron chi connectivity index (χ0n) is 24.6. The van der Waals surface area contributed by atoms with E-state index < -0.39 is 12.0 Å². The van der Waals surface area contributed by atoms with Gasteiger partial charge in [-0.25, -0.2) is 9.79 Å². The van der Waals surface area contributed by atoms with Crippen molar-refractivity contribution in [3.63, 3.8) is 0 Å². The molecule has 0 saturated heterocycles. The Morgan fingerprint density at radius 1 is 0.956 bits per heavy atom. The number of ether oxygens (including phenoxy) is 3. The van der Waals surface area contributed by atoms with Gasteiger partial charge in [-0.15, -0.1) is 0 Å². The first kappa shape index (κ1) is 30.3. The molecule has 5 aromatic rings. The van der Waals surface area contributed by atoms with E-state index in [0.717, 1.165) is 26.7 Å². The van der Waals surface area contributed by atoms with Crippen molar-refractivity contribution < 1.29 is 19.0 Å². The van der Waals surface area contributed by atoms with Crippen LogP contribution in [-0.4, -0.2) is 24.3 Å². The minimum absolute atomic E-state index is 0.182. The van der Waals surface area contributed by atoms with Crippen molar-refractivity contribution >= 4 is 45.0 Å². The molecule has 0 radical (unpaired) electrons. The van der Waals surface area contributed by atoms with Crippen LogP contribution in [0, 0.1) is 0 Å². The number of thiazole rings is 1. The topological polar surface area (TPSA) is 79.1 Å². The summed E-state index contributed by atoms with van der Waals surface area (Å²) in [5.41, 5.74) is 3.76. The first-order chi connectivity index (χ1) is 22.0. The normalized spacial score (nSPS) is 14.5. The van der Waals surface area contributed by atoms with Gasteiger partial charge in [-0.2, -0.15) is 0 Å². The molecule has 1 aliphatic heterocycles. The molecule has 45 heavy (non-hydrogen) atoms. The molecule has 0 unspecified atom stereocenters. The van der Waals surface area contributed by atoms with Gasteiger partial charge in [-0.05, 0) is 54.5 Å². The van der Waals surface area contributed by atoms with Crippen LogP contribution in [0.25, 0.3) is 11.8 Å². The fraction of sp³-hybridized carbons (Fsp3) is 0.139. The van der Waals surface area contributed by atoms with Crippen LogP contribution < -0.4 is 24.4 Å². The molecule has 0 spiro atoms. The lowest BCUT2D eigenvalue weighted by atomic mass is 9.93. The zero-order chi connectivity index (χ0) is 31.3. The summed E-state index contributed by atoms with van der Waals surface area (Å²) in [6, 6.07) is 31.6. The number of benzene rings is 4. The van der Waals surface area contributed by atoms with E-state index in [4.69, 9.17) is 19.2 Å². The van der Waals surface area contributed by atoms with Crippen molar-refractivity contribution in [1.82, 2.24) is 4.57 Å². The van der Waals surface area contributed by atoms with Gasteiger partial charge >= 0.3 is 5.97 Å². The average Bonchev–Trinajstić information content (AvgIpc) is 3.38. The summed E-state index contributed by atoms with van der Waals surface area (Å²) < 4.78 is 20.2. The molecule has 2 heterocycles. The van der Waals surface area contributed by atoms with E-state index in [0.29, 0.717) is 38.7 Å². The molecule has 7 nitrogen and oxygen atoms in total. The number of rotatable bonds is 9. The van der Waals surface area contributed by atoms with E-state index in [1.165, 1.54) is 11.3 Å². The molecule has 0 N–H and O–H groups in total. The van der Waals surface area contributed by atoms with E-state index in [2.05, 4.69) is 15.9 Å². The number of hydrogen-bond acceptors (Lipinski definition) is 7. The highest BCUT2D eigenvalue weighted by atomic mass is 79.9. The Kier molecular flexibility index (Phi) is 9.09. The molecule has 226 valence electrons. The van der Waals surface area contributed by atoms with Crippen molar-refractivity contribution in [2.24, 2.45) is 4.99 Å². The Bertz CT molecular complexity index is 2050. The van der Waals surface area contributed by atoms with E-state index in [1.807, 2.05) is 109 Å². The van der Waals surface area contributed by atoms with Crippen molar-refractivity contribution in [2.45, 2.75) is 19.6 Å². The van der Waals surface area contributed by atoms with E-state index >= 15 is 0 Å². The molecule has 4 aromatic carbocycles. The Morgan fingerprint density at radius 2 is 1.67 bits per heavy atom. The molecular formula is C36H29BrN2O5S. The molecule has 0 bridgehead atoms. The maximum atomic E-state index is 14.3. The number of para-hydroxylation sites is 1. The quantitative estimate of drug-likeness (QED) is 0.171. The third kappa shape index (κ3) is 6.41. The minimum Gasteiger partial charge on any atom is -0.497 e. The number of aromatic nitrogens is 1. The molecule has 1 aromatic heterocycles. The summed E-state index contributed by atoms with van der Waals surface area (Å²) in [7, 11) is 1.59. The van der Waals surface area contributed by atoms with Crippen LogP contribution >= 0.6 is 27.3 Å². The van der Waals surface area contributed by atoms with Gasteiger partial charge in [-0.1, -0.05) is 100 Å². The number of esters is 1. The molecule has 1 atom stereocenters. The predicted octanol–water partition coefficient (Wildman–Crippen LogP) is 6.29. The number of nitrogens with zero attached hydrogens (tertiary/aromatic N) is 2. The molecule has 6 rings (SSSR count). The van der Waals surface area contributed by atoms with Crippen LogP contribution in [0.5, 0.6) is 11.5 Å². The predicted molar refractivity (Wildman–Crippen MR) is 179 cm³/mol. The third-order valence-corrected chi connectivity index (χ3v) is 8.83. The number of fused-ring (bicyclic) bond motifs is 1. The van der Waals surface area contributed by atoms with Crippen molar-refractivity contribution in [2.75, 3.05) is 13.7 Å². The Hall–Kier alpha value is -4.73. The van der Waals surface area contributed by atoms with Crippen LogP contribution in [0.2, 0.25) is 0 Å². The maximum Gasteiger partial charge on any atom is 0.338 e. The molecule has 0 aliphatic carbocycles. The number of carbonyl (C=O) groups excluding carboxylic acids is 1. The summed E-state index contributed by atoms with van der Waals surface area (Å²) in [6.45, 7) is 2.32. The Balaban J connectivity index is 1.51. The second-order valence-corrected chi connectivity index (χ2v) is 12.1. The first-order valence-electron chi connectivity index (χ1n) is 14.4. The highest BCUT2D eigenvalue weighted by molar-refractivity contribution is 9.10. The first-order valence-corrected chi connectivity index (χ1v) is 16.0. The lowest BCUT2D eigenvalue weighted by Crippen LogP contribution is -2.40. The third-order valence-electron chi connectivity index (χ3n) is 7.32. The van der Waals surface area contributed by atoms with E-state index in [-0.39, 0.29) is 12.2 Å². The van der Waals surface area contributed by atoms with Crippen LogP contribution in [0.1, 0.15) is 35.2 Å². The lowest BCUT2D eigenvalue weighted by molar-refractivity contribution is -0.138. The summed E-state index contributed by atoms with van der Waals surface area (Å²) in [4.78, 5) is 33.3. The lowest BCUT2D eigenvalue weighted by Gasteiger charge is -2.26. The molecule has 0 saturated carbocycles. The standard InChI is InChI=1S/C36H29BrN2O5S/c1-3-43-35(41)31-32(24-9-5-4-6-10-24)38-36-39(33(31)25-15-19-28(42-2)20-16-25)34(40)30(45-36)21-26-11-7-8-12-29(26)44-22-23-13-17-27(37)18-14-23/h4-21,33H,3,22H2,1-2H3/b30-21-/t33-/m1/s1. The SMILES string of the molecule is CCOC(=O)C1=C(c2ccccc2)N=c2s/c(=C\c3ccccc3OCc3ccc(Br)cc3)c(=O)n2[C@@H]1c1ccc(OC)cc1. The molecular weight excluding hydrogens is 652 g/mol. The highest BCUT2D eigenvalue weighted by Gasteiger charge is 2.35. The van der Waals surface area contributed by atoms with Crippen LogP contribution in [0.3, 0.4) is 0 Å². The number of halogens is 1. The summed E-state index contributed by atoms with van der Waals surface area (Å²) >= 11 is 4.73. The van der Waals surface area contributed by atoms with Crippen LogP contribution in [0.4, 0.5) is 0 Å². The number of carbonyl (C=O) groups is 1. The van der Waals surface area contributed by atoms with Gasteiger partial charge in [0.15, 0.2) is 4.80 Å². The largest absolute Gasteiger partial charge is 0.497 e. The fourth-order valence-corrected chi connectivity index (χ4v) is 6.41. The number of methoxy groups -OCH3 is 1.